The first kappa shape index (κ1) is 25.3. The maximum Gasteiger partial charge on any atom is 0.416 e. The molecule has 1 aliphatic heterocycles. The number of halogens is 3. The van der Waals surface area contributed by atoms with E-state index in [0.717, 1.165) is 54.2 Å². The van der Waals surface area contributed by atoms with E-state index in [1.807, 2.05) is 49.3 Å². The van der Waals surface area contributed by atoms with Crippen molar-refractivity contribution in [2.24, 2.45) is 0 Å². The topological polar surface area (TPSA) is 62.3 Å². The molecule has 2 aliphatic rings. The predicted molar refractivity (Wildman–Crippen MR) is 140 cm³/mol. The number of alkyl halides is 3. The molecule has 0 amide bonds. The van der Waals surface area contributed by atoms with Gasteiger partial charge in [0.05, 0.1) is 17.6 Å². The summed E-state index contributed by atoms with van der Waals surface area (Å²) in [6.07, 6.45) is 1.85. The van der Waals surface area contributed by atoms with Crippen molar-refractivity contribution in [3.63, 3.8) is 0 Å². The third-order valence-electron chi connectivity index (χ3n) is 7.07. The molecule has 0 spiro atoms. The number of fused-ring (bicyclic) bond motifs is 1. The Morgan fingerprint density at radius 1 is 0.973 bits per heavy atom. The Bertz CT molecular complexity index is 1270. The molecular formula is C28H32F3N5O. The van der Waals surface area contributed by atoms with Crippen molar-refractivity contribution in [3.8, 4) is 0 Å². The second-order valence-electron chi connectivity index (χ2n) is 9.99. The average Bonchev–Trinajstić information content (AvgIpc) is 3.36. The van der Waals surface area contributed by atoms with Crippen LogP contribution >= 0.6 is 0 Å². The van der Waals surface area contributed by atoms with E-state index >= 15 is 0 Å². The Balaban J connectivity index is 1.10. The molecule has 0 bridgehead atoms. The first-order chi connectivity index (χ1) is 17.8. The molecular weight excluding hydrogens is 479 g/mol. The van der Waals surface area contributed by atoms with E-state index < -0.39 is 11.7 Å². The Morgan fingerprint density at radius 3 is 2.49 bits per heavy atom. The normalized spacial score (nSPS) is 22.0. The van der Waals surface area contributed by atoms with Crippen molar-refractivity contribution in [2.45, 2.75) is 56.5 Å². The van der Waals surface area contributed by atoms with Gasteiger partial charge in [-0.15, -0.1) is 0 Å². The molecule has 1 unspecified atom stereocenters. The molecule has 196 valence electrons. The first-order valence-electron chi connectivity index (χ1n) is 12.7. The fourth-order valence-electron chi connectivity index (χ4n) is 5.09. The van der Waals surface area contributed by atoms with Gasteiger partial charge in [-0.05, 0) is 61.6 Å². The Kier molecular flexibility index (Phi) is 7.24. The summed E-state index contributed by atoms with van der Waals surface area (Å²) in [5.74, 6) is 2.35. The van der Waals surface area contributed by atoms with Gasteiger partial charge in [0.15, 0.2) is 0 Å². The van der Waals surface area contributed by atoms with Gasteiger partial charge in [-0.3, -0.25) is 0 Å². The standard InChI is InChI=1S/C28H32F3N5O/c1-36(2)26-23-8-3-4-9-24(23)34-27(35-26)33-21-12-10-20(11-13-21)32-17-22-14-15-25(37-22)18-6-5-7-19(16-18)28(29,30)31/h3-9,14,16,20-21,25,32H,10-13,15,17H2,1-2H3,(H,33,34,35). The third kappa shape index (κ3) is 5.98. The van der Waals surface area contributed by atoms with Crippen LogP contribution in [-0.2, 0) is 10.9 Å². The molecule has 1 aromatic heterocycles. The SMILES string of the molecule is CN(C)c1nc(NC2CCC(NCC3=CCC(c4cccc(C(F)(F)F)c4)O3)CC2)nc2ccccc12. The highest BCUT2D eigenvalue weighted by atomic mass is 19.4. The van der Waals surface area contributed by atoms with Gasteiger partial charge in [0.25, 0.3) is 0 Å². The quantitative estimate of drug-likeness (QED) is 0.401. The lowest BCUT2D eigenvalue weighted by molar-refractivity contribution is -0.137. The number of anilines is 2. The van der Waals surface area contributed by atoms with Crippen molar-refractivity contribution >= 4 is 22.7 Å². The smallest absolute Gasteiger partial charge is 0.416 e. The summed E-state index contributed by atoms with van der Waals surface area (Å²) < 4.78 is 45.1. The maximum atomic E-state index is 13.0. The average molecular weight is 512 g/mol. The van der Waals surface area contributed by atoms with Gasteiger partial charge < -0.3 is 20.3 Å². The highest BCUT2D eigenvalue weighted by Gasteiger charge is 2.32. The van der Waals surface area contributed by atoms with Crippen molar-refractivity contribution in [1.82, 2.24) is 15.3 Å². The minimum atomic E-state index is -4.35. The van der Waals surface area contributed by atoms with Crippen LogP contribution in [0, 0.1) is 0 Å². The van der Waals surface area contributed by atoms with Crippen LogP contribution in [0.1, 0.15) is 49.3 Å². The monoisotopic (exact) mass is 511 g/mol. The maximum absolute atomic E-state index is 13.0. The lowest BCUT2D eigenvalue weighted by Crippen LogP contribution is -2.38. The fourth-order valence-corrected chi connectivity index (χ4v) is 5.09. The number of ether oxygens (including phenoxy) is 1. The summed E-state index contributed by atoms with van der Waals surface area (Å²) in [5.41, 5.74) is 0.839. The summed E-state index contributed by atoms with van der Waals surface area (Å²) in [5, 5.41) is 8.13. The van der Waals surface area contributed by atoms with Crippen LogP contribution < -0.4 is 15.5 Å². The number of aromatic nitrogens is 2. The second-order valence-corrected chi connectivity index (χ2v) is 9.99. The molecule has 2 N–H and O–H groups in total. The third-order valence-corrected chi connectivity index (χ3v) is 7.07. The van der Waals surface area contributed by atoms with Crippen LogP contribution in [0.15, 0.2) is 60.4 Å². The zero-order chi connectivity index (χ0) is 26.0. The Labute approximate surface area is 214 Å². The minimum Gasteiger partial charge on any atom is -0.489 e. The van der Waals surface area contributed by atoms with Crippen LogP contribution in [0.25, 0.3) is 10.9 Å². The molecule has 1 aliphatic carbocycles. The summed E-state index contributed by atoms with van der Waals surface area (Å²) in [7, 11) is 3.97. The molecule has 0 radical (unpaired) electrons. The van der Waals surface area contributed by atoms with Crippen molar-refractivity contribution < 1.29 is 17.9 Å². The molecule has 2 aromatic carbocycles. The van der Waals surface area contributed by atoms with E-state index in [1.54, 1.807) is 6.07 Å². The zero-order valence-corrected chi connectivity index (χ0v) is 21.1. The van der Waals surface area contributed by atoms with Gasteiger partial charge in [0.1, 0.15) is 17.7 Å². The van der Waals surface area contributed by atoms with Crippen LogP contribution in [-0.4, -0.2) is 42.7 Å². The molecule has 9 heteroatoms. The molecule has 1 atom stereocenters. The van der Waals surface area contributed by atoms with Crippen LogP contribution in [0.4, 0.5) is 24.9 Å². The van der Waals surface area contributed by atoms with Gasteiger partial charge in [0, 0.05) is 38.0 Å². The van der Waals surface area contributed by atoms with Crippen molar-refractivity contribution in [1.29, 1.82) is 0 Å². The van der Waals surface area contributed by atoms with Gasteiger partial charge in [-0.25, -0.2) is 4.98 Å². The summed E-state index contributed by atoms with van der Waals surface area (Å²) in [6.45, 7) is 0.582. The zero-order valence-electron chi connectivity index (χ0n) is 21.1. The van der Waals surface area contributed by atoms with Crippen molar-refractivity contribution in [2.75, 3.05) is 30.9 Å². The molecule has 1 fully saturated rings. The van der Waals surface area contributed by atoms with Gasteiger partial charge in [0.2, 0.25) is 5.95 Å². The molecule has 0 saturated heterocycles. The van der Waals surface area contributed by atoms with Crippen LogP contribution in [0.3, 0.4) is 0 Å². The Hall–Kier alpha value is -3.33. The van der Waals surface area contributed by atoms with Crippen LogP contribution in [0.2, 0.25) is 0 Å². The van der Waals surface area contributed by atoms with E-state index in [-0.39, 0.29) is 6.10 Å². The molecule has 1 saturated carbocycles. The molecule has 37 heavy (non-hydrogen) atoms. The molecule has 6 nitrogen and oxygen atoms in total. The van der Waals surface area contributed by atoms with Crippen LogP contribution in [0.5, 0.6) is 0 Å². The summed E-state index contributed by atoms with van der Waals surface area (Å²) in [4.78, 5) is 11.5. The van der Waals surface area contributed by atoms with E-state index in [0.29, 0.717) is 36.6 Å². The highest BCUT2D eigenvalue weighted by Crippen LogP contribution is 2.35. The predicted octanol–water partition coefficient (Wildman–Crippen LogP) is 6.07. The Morgan fingerprint density at radius 2 is 1.73 bits per heavy atom. The largest absolute Gasteiger partial charge is 0.489 e. The molecule has 3 aromatic rings. The molecule has 2 heterocycles. The molecule has 5 rings (SSSR count). The van der Waals surface area contributed by atoms with E-state index in [2.05, 4.69) is 10.6 Å². The minimum absolute atomic E-state index is 0.307. The summed E-state index contributed by atoms with van der Waals surface area (Å²) in [6, 6.07) is 14.1. The van der Waals surface area contributed by atoms with Gasteiger partial charge >= 0.3 is 6.18 Å². The first-order valence-corrected chi connectivity index (χ1v) is 12.7. The number of hydrogen-bond donors (Lipinski definition) is 2. The number of hydrogen-bond acceptors (Lipinski definition) is 6. The number of benzene rings is 2. The lowest BCUT2D eigenvalue weighted by Gasteiger charge is -2.30. The van der Waals surface area contributed by atoms with Gasteiger partial charge in [-0.2, -0.15) is 18.2 Å². The highest BCUT2D eigenvalue weighted by molar-refractivity contribution is 5.90. The van der Waals surface area contributed by atoms with E-state index in [1.165, 1.54) is 12.1 Å². The number of nitrogens with zero attached hydrogens (tertiary/aromatic N) is 3. The lowest BCUT2D eigenvalue weighted by atomic mass is 9.91. The number of nitrogens with one attached hydrogen (secondary N) is 2. The summed E-state index contributed by atoms with van der Waals surface area (Å²) >= 11 is 0. The van der Waals surface area contributed by atoms with Gasteiger partial charge in [-0.1, -0.05) is 24.3 Å². The van der Waals surface area contributed by atoms with E-state index in [4.69, 9.17) is 14.7 Å². The van der Waals surface area contributed by atoms with E-state index in [9.17, 15) is 13.2 Å². The second kappa shape index (κ2) is 10.6. The van der Waals surface area contributed by atoms with Crippen molar-refractivity contribution in [3.05, 3.63) is 71.5 Å². The fraction of sp³-hybridized carbons (Fsp3) is 0.429. The number of rotatable bonds is 7. The number of para-hydroxylation sites is 1.